The molecule has 26 heavy (non-hydrogen) atoms. The lowest BCUT2D eigenvalue weighted by Crippen LogP contribution is -2.58. The van der Waals surface area contributed by atoms with Gasteiger partial charge in [-0.25, -0.2) is 9.18 Å². The Hall–Kier alpha value is -1.60. The number of carboxylic acids is 2. The molecule has 2 saturated carbocycles. The van der Waals surface area contributed by atoms with Crippen LogP contribution in [0.5, 0.6) is 0 Å². The summed E-state index contributed by atoms with van der Waals surface area (Å²) >= 11 is 1.37. The highest BCUT2D eigenvalue weighted by Gasteiger charge is 2.84. The summed E-state index contributed by atoms with van der Waals surface area (Å²) in [6.07, 6.45) is 0.168. The van der Waals surface area contributed by atoms with Gasteiger partial charge in [-0.15, -0.1) is 0 Å². The fraction of sp³-hybridized carbons (Fsp3) is 0.579. The first-order valence-electron chi connectivity index (χ1n) is 8.59. The third-order valence-electron chi connectivity index (χ3n) is 5.77. The zero-order chi connectivity index (χ0) is 19.5. The summed E-state index contributed by atoms with van der Waals surface area (Å²) < 4.78 is 14.5. The number of rotatable bonds is 5. The van der Waals surface area contributed by atoms with Crippen LogP contribution in [-0.4, -0.2) is 38.6 Å². The molecular formula is C19H24FNO4S. The molecule has 0 amide bonds. The molecule has 0 bridgehead atoms. The molecule has 0 radical (unpaired) electrons. The van der Waals surface area contributed by atoms with E-state index in [9.17, 15) is 19.1 Å². The highest BCUT2D eigenvalue weighted by Crippen LogP contribution is 2.68. The van der Waals surface area contributed by atoms with Crippen LogP contribution >= 0.6 is 11.8 Å². The van der Waals surface area contributed by atoms with E-state index in [1.807, 2.05) is 24.3 Å². The van der Waals surface area contributed by atoms with Crippen molar-refractivity contribution >= 4 is 23.7 Å². The number of halogens is 1. The number of hydrogen-bond acceptors (Lipinski definition) is 4. The first kappa shape index (κ1) is 19.2. The molecule has 4 N–H and O–H groups in total. The molecule has 2 aliphatic carbocycles. The maximum absolute atomic E-state index is 14.5. The number of thioether (sulfide) groups is 1. The van der Waals surface area contributed by atoms with Crippen LogP contribution in [0.2, 0.25) is 0 Å². The average Bonchev–Trinajstić information content (AvgIpc) is 3.02. The molecule has 5 nitrogen and oxygen atoms in total. The van der Waals surface area contributed by atoms with Crippen molar-refractivity contribution in [3.63, 3.8) is 0 Å². The van der Waals surface area contributed by atoms with Crippen LogP contribution in [0.15, 0.2) is 24.3 Å². The zero-order valence-electron chi connectivity index (χ0n) is 15.0. The summed E-state index contributed by atoms with van der Waals surface area (Å²) in [7, 11) is 0. The summed E-state index contributed by atoms with van der Waals surface area (Å²) in [5, 5.41) is 18.2. The van der Waals surface area contributed by atoms with Crippen LogP contribution in [0, 0.1) is 11.8 Å². The quantitative estimate of drug-likeness (QED) is 0.725. The molecule has 142 valence electrons. The molecule has 0 unspecified atom stereocenters. The summed E-state index contributed by atoms with van der Waals surface area (Å²) in [5.41, 5.74) is 4.00. The van der Waals surface area contributed by atoms with E-state index in [4.69, 9.17) is 10.8 Å². The number of alkyl halides is 1. The molecular weight excluding hydrogens is 357 g/mol. The number of hydrogen-bond donors (Lipinski definition) is 3. The van der Waals surface area contributed by atoms with Gasteiger partial charge in [0.1, 0.15) is 5.54 Å². The first-order chi connectivity index (χ1) is 11.9. The Kier molecular flexibility index (Phi) is 4.39. The van der Waals surface area contributed by atoms with E-state index in [-0.39, 0.29) is 11.8 Å². The van der Waals surface area contributed by atoms with Crippen molar-refractivity contribution in [3.05, 3.63) is 35.4 Å². The summed E-state index contributed by atoms with van der Waals surface area (Å²) in [6.45, 7) is 6.38. The standard InChI is InChI=1S/C19H24FNO4S/c1-17(2,3)11-6-4-10(5-7-11)9-26-13-8-12-14(18(12,20)15(22)23)19(13,21)16(24)25/h4-7,12-14H,8-9,21H2,1-3H3,(H,22,23)(H,24,25)/t12-,13-,14+,18-,19+/m1/s1. The Bertz CT molecular complexity index is 747. The van der Waals surface area contributed by atoms with Gasteiger partial charge in [0.05, 0.1) is 0 Å². The van der Waals surface area contributed by atoms with Gasteiger partial charge < -0.3 is 15.9 Å². The number of aliphatic carboxylic acids is 2. The van der Waals surface area contributed by atoms with E-state index in [1.54, 1.807) is 0 Å². The normalized spacial score (nSPS) is 35.8. The Balaban J connectivity index is 1.71. The SMILES string of the molecule is CC(C)(C)c1ccc(CS[C@@H]2C[C@@H]3[C@H]([C@]2(N)C(=O)O)[C@@]3(F)C(=O)O)cc1. The number of fused-ring (bicyclic) bond motifs is 1. The lowest BCUT2D eigenvalue weighted by Gasteiger charge is -2.31. The molecule has 0 aliphatic heterocycles. The number of benzene rings is 1. The third-order valence-corrected chi connectivity index (χ3v) is 7.26. The smallest absolute Gasteiger partial charge is 0.342 e. The summed E-state index contributed by atoms with van der Waals surface area (Å²) in [6, 6.07) is 8.09. The maximum atomic E-state index is 14.5. The Labute approximate surface area is 156 Å². The highest BCUT2D eigenvalue weighted by molar-refractivity contribution is 7.99. The Morgan fingerprint density at radius 1 is 1.23 bits per heavy atom. The average molecular weight is 381 g/mol. The maximum Gasteiger partial charge on any atom is 0.342 e. The van der Waals surface area contributed by atoms with E-state index in [1.165, 1.54) is 17.3 Å². The monoisotopic (exact) mass is 381 g/mol. The van der Waals surface area contributed by atoms with Gasteiger partial charge in [-0.05, 0) is 23.0 Å². The number of nitrogens with two attached hydrogens (primary N) is 1. The second-order valence-corrected chi connectivity index (χ2v) is 9.57. The van der Waals surface area contributed by atoms with Crippen molar-refractivity contribution in [1.29, 1.82) is 0 Å². The van der Waals surface area contributed by atoms with Gasteiger partial charge in [0.15, 0.2) is 0 Å². The van der Waals surface area contributed by atoms with Crippen molar-refractivity contribution in [3.8, 4) is 0 Å². The van der Waals surface area contributed by atoms with Gasteiger partial charge in [0.25, 0.3) is 0 Å². The molecule has 1 aromatic carbocycles. The molecule has 2 fully saturated rings. The molecule has 3 rings (SSSR count). The van der Waals surface area contributed by atoms with Gasteiger partial charge in [0.2, 0.25) is 5.67 Å². The lowest BCUT2D eigenvalue weighted by atomic mass is 9.87. The van der Waals surface area contributed by atoms with Crippen molar-refractivity contribution < 1.29 is 24.2 Å². The van der Waals surface area contributed by atoms with E-state index >= 15 is 0 Å². The van der Waals surface area contributed by atoms with Gasteiger partial charge in [-0.2, -0.15) is 11.8 Å². The largest absolute Gasteiger partial charge is 0.480 e. The fourth-order valence-corrected chi connectivity index (χ4v) is 5.56. The van der Waals surface area contributed by atoms with Crippen LogP contribution in [0.4, 0.5) is 4.39 Å². The van der Waals surface area contributed by atoms with Crippen LogP contribution in [0.25, 0.3) is 0 Å². The van der Waals surface area contributed by atoms with Gasteiger partial charge in [-0.1, -0.05) is 45.0 Å². The minimum atomic E-state index is -2.50. The minimum Gasteiger partial charge on any atom is -0.480 e. The predicted octanol–water partition coefficient (Wildman–Crippen LogP) is 2.81. The van der Waals surface area contributed by atoms with Gasteiger partial charge >= 0.3 is 11.9 Å². The van der Waals surface area contributed by atoms with Gasteiger partial charge in [0, 0.05) is 22.8 Å². The number of carbonyl (C=O) groups is 2. The highest BCUT2D eigenvalue weighted by atomic mass is 32.2. The first-order valence-corrected chi connectivity index (χ1v) is 9.64. The minimum absolute atomic E-state index is 0.0510. The molecule has 7 heteroatoms. The van der Waals surface area contributed by atoms with E-state index in [0.29, 0.717) is 5.75 Å². The van der Waals surface area contributed by atoms with Crippen LogP contribution < -0.4 is 5.73 Å². The summed E-state index contributed by atoms with van der Waals surface area (Å²) in [4.78, 5) is 22.9. The molecule has 2 aliphatic rings. The molecule has 5 atom stereocenters. The van der Waals surface area contributed by atoms with Crippen LogP contribution in [0.3, 0.4) is 0 Å². The molecule has 0 aromatic heterocycles. The topological polar surface area (TPSA) is 101 Å². The summed E-state index contributed by atoms with van der Waals surface area (Å²) in [5.74, 6) is -4.36. The Morgan fingerprint density at radius 3 is 2.27 bits per heavy atom. The Morgan fingerprint density at radius 2 is 1.81 bits per heavy atom. The second kappa shape index (κ2) is 5.96. The van der Waals surface area contributed by atoms with Crippen LogP contribution in [0.1, 0.15) is 38.3 Å². The second-order valence-electron chi connectivity index (χ2n) is 8.38. The van der Waals surface area contributed by atoms with Gasteiger partial charge in [-0.3, -0.25) is 4.79 Å². The van der Waals surface area contributed by atoms with E-state index in [0.717, 1.165) is 5.56 Å². The van der Waals surface area contributed by atoms with Crippen LogP contribution in [-0.2, 0) is 20.8 Å². The fourth-order valence-electron chi connectivity index (χ4n) is 4.10. The van der Waals surface area contributed by atoms with Crippen molar-refractivity contribution in [2.45, 2.75) is 54.8 Å². The predicted molar refractivity (Wildman–Crippen MR) is 97.9 cm³/mol. The van der Waals surface area contributed by atoms with E-state index < -0.39 is 40.2 Å². The van der Waals surface area contributed by atoms with Crippen molar-refractivity contribution in [2.75, 3.05) is 0 Å². The molecule has 0 saturated heterocycles. The van der Waals surface area contributed by atoms with Crippen molar-refractivity contribution in [2.24, 2.45) is 17.6 Å². The lowest BCUT2D eigenvalue weighted by molar-refractivity contribution is -0.149. The van der Waals surface area contributed by atoms with Crippen molar-refractivity contribution in [1.82, 2.24) is 0 Å². The van der Waals surface area contributed by atoms with E-state index in [2.05, 4.69) is 20.8 Å². The molecule has 0 spiro atoms. The zero-order valence-corrected chi connectivity index (χ0v) is 15.8. The molecule has 1 aromatic rings. The third kappa shape index (κ3) is 2.72. The number of carboxylic acid groups (broad SMARTS) is 2. The molecule has 0 heterocycles.